The highest BCUT2D eigenvalue weighted by atomic mass is 32.1. The van der Waals surface area contributed by atoms with Crippen LogP contribution in [0, 0.1) is 17.6 Å². The first-order valence-corrected chi connectivity index (χ1v) is 7.21. The van der Waals surface area contributed by atoms with Gasteiger partial charge in [0.15, 0.2) is 10.4 Å². The summed E-state index contributed by atoms with van der Waals surface area (Å²) in [5.74, 6) is 0.890. The topological polar surface area (TPSA) is 33.6 Å². The van der Waals surface area contributed by atoms with E-state index < -0.39 is 0 Å². The minimum absolute atomic E-state index is 0.807. The molecule has 2 aromatic heterocycles. The van der Waals surface area contributed by atoms with Gasteiger partial charge < -0.3 is 9.55 Å². The number of H-pyrrole nitrogens is 1. The van der Waals surface area contributed by atoms with Crippen molar-refractivity contribution in [1.29, 1.82) is 0 Å². The van der Waals surface area contributed by atoms with Crippen LogP contribution in [0.1, 0.15) is 37.8 Å². The van der Waals surface area contributed by atoms with Crippen LogP contribution in [-0.4, -0.2) is 14.5 Å². The number of hydrogen-bond donors (Lipinski definition) is 1. The van der Waals surface area contributed by atoms with Crippen LogP contribution in [0.2, 0.25) is 0 Å². The van der Waals surface area contributed by atoms with E-state index in [1.807, 2.05) is 13.0 Å². The van der Waals surface area contributed by atoms with Crippen molar-refractivity contribution >= 4 is 23.4 Å². The average Bonchev–Trinajstić information content (AvgIpc) is 2.94. The molecule has 96 valence electrons. The lowest BCUT2D eigenvalue weighted by atomic mass is 10.0. The van der Waals surface area contributed by atoms with E-state index in [-0.39, 0.29) is 0 Å². The van der Waals surface area contributed by atoms with Gasteiger partial charge in [0, 0.05) is 12.2 Å². The summed E-state index contributed by atoms with van der Waals surface area (Å²) in [7, 11) is 0. The molecule has 3 nitrogen and oxygen atoms in total. The van der Waals surface area contributed by atoms with Crippen LogP contribution >= 0.6 is 12.2 Å². The van der Waals surface area contributed by atoms with E-state index in [2.05, 4.69) is 20.6 Å². The van der Waals surface area contributed by atoms with Crippen molar-refractivity contribution in [3.8, 4) is 0 Å². The number of nitrogens with one attached hydrogen (secondary N) is 1. The summed E-state index contributed by atoms with van der Waals surface area (Å²) >= 11 is 5.40. The van der Waals surface area contributed by atoms with Crippen molar-refractivity contribution in [3.63, 3.8) is 0 Å². The van der Waals surface area contributed by atoms with Gasteiger partial charge in [-0.25, -0.2) is 4.98 Å². The number of hydrogen-bond acceptors (Lipinski definition) is 2. The van der Waals surface area contributed by atoms with Crippen molar-refractivity contribution in [2.75, 3.05) is 0 Å². The van der Waals surface area contributed by atoms with Crippen molar-refractivity contribution < 1.29 is 0 Å². The largest absolute Gasteiger partial charge is 0.329 e. The van der Waals surface area contributed by atoms with Gasteiger partial charge in [0.25, 0.3) is 0 Å². The standard InChI is InChI=1S/C14H19N3S/c1-10-6-7-12-13(15-10)17(14(18)16-12)9-8-11-4-2-3-5-11/h6-7,11H,2-5,8-9H2,1H3,(H,16,18). The number of rotatable bonds is 3. The zero-order chi connectivity index (χ0) is 12.5. The molecular weight excluding hydrogens is 242 g/mol. The van der Waals surface area contributed by atoms with Crippen LogP contribution in [0.15, 0.2) is 12.1 Å². The van der Waals surface area contributed by atoms with Crippen LogP contribution in [0.5, 0.6) is 0 Å². The van der Waals surface area contributed by atoms with E-state index in [1.165, 1.54) is 32.1 Å². The molecule has 0 atom stereocenters. The Bertz CT molecular complexity index is 605. The Morgan fingerprint density at radius 2 is 2.17 bits per heavy atom. The molecule has 0 aliphatic heterocycles. The molecule has 1 fully saturated rings. The minimum atomic E-state index is 0.807. The maximum atomic E-state index is 5.40. The van der Waals surface area contributed by atoms with Gasteiger partial charge in [-0.1, -0.05) is 25.7 Å². The lowest BCUT2D eigenvalue weighted by molar-refractivity contribution is 0.460. The second-order valence-electron chi connectivity index (χ2n) is 5.34. The molecule has 0 saturated heterocycles. The van der Waals surface area contributed by atoms with Crippen LogP contribution in [0.25, 0.3) is 11.2 Å². The van der Waals surface area contributed by atoms with Crippen LogP contribution in [0.3, 0.4) is 0 Å². The molecule has 0 unspecified atom stereocenters. The number of nitrogens with zero attached hydrogens (tertiary/aromatic N) is 2. The Morgan fingerprint density at radius 1 is 1.39 bits per heavy atom. The summed E-state index contributed by atoms with van der Waals surface area (Å²) in [6.45, 7) is 3.02. The molecular formula is C14H19N3S. The minimum Gasteiger partial charge on any atom is -0.329 e. The fourth-order valence-electron chi connectivity index (χ4n) is 2.94. The second-order valence-corrected chi connectivity index (χ2v) is 5.73. The molecule has 1 N–H and O–H groups in total. The van der Waals surface area contributed by atoms with E-state index in [0.717, 1.165) is 34.1 Å². The van der Waals surface area contributed by atoms with Crippen molar-refractivity contribution in [2.24, 2.45) is 5.92 Å². The molecule has 18 heavy (non-hydrogen) atoms. The molecule has 1 saturated carbocycles. The molecule has 4 heteroatoms. The highest BCUT2D eigenvalue weighted by Crippen LogP contribution is 2.28. The van der Waals surface area contributed by atoms with Gasteiger partial charge in [-0.3, -0.25) is 0 Å². The number of aromatic nitrogens is 3. The summed E-state index contributed by atoms with van der Waals surface area (Å²) in [6.07, 6.45) is 6.82. The molecule has 3 rings (SSSR count). The third-order valence-electron chi connectivity index (χ3n) is 3.99. The highest BCUT2D eigenvalue weighted by molar-refractivity contribution is 7.71. The van der Waals surface area contributed by atoms with Gasteiger partial charge >= 0.3 is 0 Å². The van der Waals surface area contributed by atoms with Crippen LogP contribution in [0.4, 0.5) is 0 Å². The Balaban J connectivity index is 1.87. The number of aryl methyl sites for hydroxylation is 2. The third-order valence-corrected chi connectivity index (χ3v) is 4.31. The van der Waals surface area contributed by atoms with Crippen LogP contribution in [-0.2, 0) is 6.54 Å². The first-order chi connectivity index (χ1) is 8.74. The zero-order valence-corrected chi connectivity index (χ0v) is 11.6. The summed E-state index contributed by atoms with van der Waals surface area (Å²) in [5, 5.41) is 0. The monoisotopic (exact) mass is 261 g/mol. The van der Waals surface area contributed by atoms with Crippen molar-refractivity contribution in [2.45, 2.75) is 45.6 Å². The van der Waals surface area contributed by atoms with Gasteiger partial charge in [0.1, 0.15) is 0 Å². The SMILES string of the molecule is Cc1ccc2[nH]c(=S)n(CCC3CCCC3)c2n1. The number of pyridine rings is 1. The quantitative estimate of drug-likeness (QED) is 0.848. The second kappa shape index (κ2) is 4.84. The maximum Gasteiger partial charge on any atom is 0.179 e. The smallest absolute Gasteiger partial charge is 0.179 e. The first-order valence-electron chi connectivity index (χ1n) is 6.80. The normalized spacial score (nSPS) is 16.7. The van der Waals surface area contributed by atoms with Gasteiger partial charge in [0.2, 0.25) is 0 Å². The zero-order valence-electron chi connectivity index (χ0n) is 10.8. The molecule has 2 heterocycles. The number of aromatic amines is 1. The summed E-state index contributed by atoms with van der Waals surface area (Å²) in [5.41, 5.74) is 3.11. The Kier molecular flexibility index (Phi) is 3.20. The van der Waals surface area contributed by atoms with E-state index >= 15 is 0 Å². The highest BCUT2D eigenvalue weighted by Gasteiger charge is 2.15. The fraction of sp³-hybridized carbons (Fsp3) is 0.571. The molecule has 1 aliphatic carbocycles. The van der Waals surface area contributed by atoms with E-state index in [9.17, 15) is 0 Å². The molecule has 0 spiro atoms. The Labute approximate surface area is 112 Å². The summed E-state index contributed by atoms with van der Waals surface area (Å²) < 4.78 is 2.97. The first kappa shape index (κ1) is 11.9. The van der Waals surface area contributed by atoms with E-state index in [1.54, 1.807) is 0 Å². The predicted octanol–water partition coefficient (Wildman–Crippen LogP) is 3.98. The molecule has 0 amide bonds. The third kappa shape index (κ3) is 2.21. The summed E-state index contributed by atoms with van der Waals surface area (Å²) in [6, 6.07) is 4.09. The fourth-order valence-corrected chi connectivity index (χ4v) is 3.23. The van der Waals surface area contributed by atoms with Crippen molar-refractivity contribution in [1.82, 2.24) is 14.5 Å². The van der Waals surface area contributed by atoms with Gasteiger partial charge in [-0.2, -0.15) is 0 Å². The van der Waals surface area contributed by atoms with Gasteiger partial charge in [-0.15, -0.1) is 0 Å². The Hall–Kier alpha value is -1.16. The molecule has 2 aromatic rings. The van der Waals surface area contributed by atoms with E-state index in [4.69, 9.17) is 12.2 Å². The number of imidazole rings is 1. The van der Waals surface area contributed by atoms with Gasteiger partial charge in [0.05, 0.1) is 5.52 Å². The van der Waals surface area contributed by atoms with Crippen molar-refractivity contribution in [3.05, 3.63) is 22.6 Å². The lowest BCUT2D eigenvalue weighted by Gasteiger charge is -2.09. The molecule has 0 bridgehead atoms. The Morgan fingerprint density at radius 3 is 2.94 bits per heavy atom. The number of fused-ring (bicyclic) bond motifs is 1. The van der Waals surface area contributed by atoms with Crippen LogP contribution < -0.4 is 0 Å². The van der Waals surface area contributed by atoms with E-state index in [0.29, 0.717) is 0 Å². The lowest BCUT2D eigenvalue weighted by Crippen LogP contribution is -2.04. The maximum absolute atomic E-state index is 5.40. The van der Waals surface area contributed by atoms with Gasteiger partial charge in [-0.05, 0) is 43.6 Å². The predicted molar refractivity (Wildman–Crippen MR) is 76.2 cm³/mol. The molecule has 1 aliphatic rings. The molecule has 0 radical (unpaired) electrons. The summed E-state index contributed by atoms with van der Waals surface area (Å²) in [4.78, 5) is 7.85. The average molecular weight is 261 g/mol. The molecule has 0 aromatic carbocycles.